The van der Waals surface area contributed by atoms with Crippen LogP contribution in [0.2, 0.25) is 0 Å². The van der Waals surface area contributed by atoms with E-state index in [4.69, 9.17) is 4.74 Å². The lowest BCUT2D eigenvalue weighted by atomic mass is 10.1. The van der Waals surface area contributed by atoms with Crippen molar-refractivity contribution in [1.29, 1.82) is 0 Å². The van der Waals surface area contributed by atoms with E-state index in [9.17, 15) is 0 Å². The van der Waals surface area contributed by atoms with Crippen molar-refractivity contribution in [3.05, 3.63) is 0 Å². The number of nitrogens with one attached hydrogen (secondary N) is 1. The Morgan fingerprint density at radius 1 is 1.42 bits per heavy atom. The van der Waals surface area contributed by atoms with Crippen LogP contribution in [0.5, 0.6) is 0 Å². The van der Waals surface area contributed by atoms with Gasteiger partial charge in [-0.25, -0.2) is 0 Å². The maximum atomic E-state index is 5.72. The number of hydrogen-bond acceptors (Lipinski definition) is 2. The van der Waals surface area contributed by atoms with Crippen LogP contribution in [0.25, 0.3) is 0 Å². The highest BCUT2D eigenvalue weighted by Crippen LogP contribution is 2.06. The summed E-state index contributed by atoms with van der Waals surface area (Å²) in [6.45, 7) is 5.42. The monoisotopic (exact) mass is 171 g/mol. The molecule has 0 bridgehead atoms. The summed E-state index contributed by atoms with van der Waals surface area (Å²) < 4.78 is 5.72. The maximum absolute atomic E-state index is 5.72. The van der Waals surface area contributed by atoms with E-state index in [1.54, 1.807) is 0 Å². The lowest BCUT2D eigenvalue weighted by molar-refractivity contribution is 0.0349. The summed E-state index contributed by atoms with van der Waals surface area (Å²) in [6.07, 6.45) is 6.84. The van der Waals surface area contributed by atoms with Crippen molar-refractivity contribution >= 4 is 0 Å². The molecule has 1 atom stereocenters. The second kappa shape index (κ2) is 6.44. The Kier molecular flexibility index (Phi) is 5.37. The van der Waals surface area contributed by atoms with Crippen molar-refractivity contribution in [2.45, 2.75) is 45.1 Å². The van der Waals surface area contributed by atoms with Crippen molar-refractivity contribution in [3.8, 4) is 0 Å². The molecule has 0 aromatic heterocycles. The first-order valence-corrected chi connectivity index (χ1v) is 5.26. The van der Waals surface area contributed by atoms with Gasteiger partial charge in [0.25, 0.3) is 0 Å². The molecule has 0 aliphatic carbocycles. The predicted molar refractivity (Wildman–Crippen MR) is 51.4 cm³/mol. The molecule has 0 unspecified atom stereocenters. The summed E-state index contributed by atoms with van der Waals surface area (Å²) in [4.78, 5) is 0. The largest absolute Gasteiger partial charge is 0.377 e. The lowest BCUT2D eigenvalue weighted by Crippen LogP contribution is -2.35. The van der Waals surface area contributed by atoms with Crippen LogP contribution in [0.4, 0.5) is 0 Å². The summed E-state index contributed by atoms with van der Waals surface area (Å²) in [5.41, 5.74) is 0. The third-order valence-corrected chi connectivity index (χ3v) is 2.35. The van der Waals surface area contributed by atoms with Gasteiger partial charge in [0.05, 0.1) is 6.10 Å². The van der Waals surface area contributed by atoms with Gasteiger partial charge in [0.1, 0.15) is 0 Å². The number of piperidine rings is 1. The van der Waals surface area contributed by atoms with Crippen LogP contribution in [-0.2, 0) is 4.74 Å². The predicted octanol–water partition coefficient (Wildman–Crippen LogP) is 1.95. The average molecular weight is 171 g/mol. The van der Waals surface area contributed by atoms with E-state index in [1.807, 2.05) is 0 Å². The molecule has 72 valence electrons. The maximum Gasteiger partial charge on any atom is 0.0699 e. The molecule has 0 aromatic rings. The molecule has 1 fully saturated rings. The number of rotatable bonds is 5. The Morgan fingerprint density at radius 3 is 3.00 bits per heavy atom. The molecule has 0 saturated carbocycles. The highest BCUT2D eigenvalue weighted by Gasteiger charge is 2.11. The Labute approximate surface area is 75.7 Å². The van der Waals surface area contributed by atoms with Crippen LogP contribution >= 0.6 is 0 Å². The average Bonchev–Trinajstić information content (AvgIpc) is 2.14. The highest BCUT2D eigenvalue weighted by molar-refractivity contribution is 4.68. The second-order valence-electron chi connectivity index (χ2n) is 3.55. The summed E-state index contributed by atoms with van der Waals surface area (Å²) in [5.74, 6) is 0. The number of ether oxygens (including phenoxy) is 1. The fourth-order valence-corrected chi connectivity index (χ4v) is 1.56. The highest BCUT2D eigenvalue weighted by atomic mass is 16.5. The SMILES string of the molecule is CCCCCO[C@@H]1CCCNC1. The summed E-state index contributed by atoms with van der Waals surface area (Å²) >= 11 is 0. The standard InChI is InChI=1S/C10H21NO/c1-2-3-4-8-12-10-6-5-7-11-9-10/h10-11H,2-9H2,1H3/t10-/m1/s1. The van der Waals surface area contributed by atoms with Crippen LogP contribution in [0.1, 0.15) is 39.0 Å². The van der Waals surface area contributed by atoms with E-state index >= 15 is 0 Å². The van der Waals surface area contributed by atoms with Gasteiger partial charge in [0, 0.05) is 13.2 Å². The Balaban J connectivity index is 1.91. The molecule has 2 nitrogen and oxygen atoms in total. The number of hydrogen-bond donors (Lipinski definition) is 1. The van der Waals surface area contributed by atoms with E-state index in [1.165, 1.54) is 38.6 Å². The normalized spacial score (nSPS) is 24.2. The van der Waals surface area contributed by atoms with Crippen LogP contribution in [0.15, 0.2) is 0 Å². The summed E-state index contributed by atoms with van der Waals surface area (Å²) in [7, 11) is 0. The molecule has 12 heavy (non-hydrogen) atoms. The molecule has 1 rings (SSSR count). The van der Waals surface area contributed by atoms with Crippen molar-refractivity contribution in [1.82, 2.24) is 5.32 Å². The van der Waals surface area contributed by atoms with E-state index in [0.29, 0.717) is 6.10 Å². The minimum atomic E-state index is 0.496. The molecule has 1 saturated heterocycles. The first-order valence-electron chi connectivity index (χ1n) is 5.26. The Hall–Kier alpha value is -0.0800. The van der Waals surface area contributed by atoms with Crippen molar-refractivity contribution in [3.63, 3.8) is 0 Å². The third kappa shape index (κ3) is 4.07. The third-order valence-electron chi connectivity index (χ3n) is 2.35. The molecule has 0 aromatic carbocycles. The zero-order valence-corrected chi connectivity index (χ0v) is 8.14. The van der Waals surface area contributed by atoms with Crippen LogP contribution in [-0.4, -0.2) is 25.8 Å². The fraction of sp³-hybridized carbons (Fsp3) is 1.00. The molecular weight excluding hydrogens is 150 g/mol. The van der Waals surface area contributed by atoms with E-state index in [-0.39, 0.29) is 0 Å². The van der Waals surface area contributed by atoms with Gasteiger partial charge in [-0.15, -0.1) is 0 Å². The van der Waals surface area contributed by atoms with Gasteiger partial charge < -0.3 is 10.1 Å². The first kappa shape index (κ1) is 10.0. The van der Waals surface area contributed by atoms with Crippen LogP contribution in [0, 0.1) is 0 Å². The second-order valence-corrected chi connectivity index (χ2v) is 3.55. The zero-order valence-electron chi connectivity index (χ0n) is 8.14. The minimum Gasteiger partial charge on any atom is -0.377 e. The smallest absolute Gasteiger partial charge is 0.0699 e. The molecule has 1 aliphatic rings. The quantitative estimate of drug-likeness (QED) is 0.638. The van der Waals surface area contributed by atoms with Crippen molar-refractivity contribution in [2.75, 3.05) is 19.7 Å². The number of unbranched alkanes of at least 4 members (excludes halogenated alkanes) is 2. The van der Waals surface area contributed by atoms with Gasteiger partial charge in [-0.1, -0.05) is 19.8 Å². The zero-order chi connectivity index (χ0) is 8.65. The van der Waals surface area contributed by atoms with Gasteiger partial charge in [0.15, 0.2) is 0 Å². The molecule has 0 radical (unpaired) electrons. The fourth-order valence-electron chi connectivity index (χ4n) is 1.56. The van der Waals surface area contributed by atoms with Crippen molar-refractivity contribution < 1.29 is 4.74 Å². The van der Waals surface area contributed by atoms with E-state index in [2.05, 4.69) is 12.2 Å². The molecular formula is C10H21NO. The van der Waals surface area contributed by atoms with Crippen molar-refractivity contribution in [2.24, 2.45) is 0 Å². The van der Waals surface area contributed by atoms with Gasteiger partial charge in [0.2, 0.25) is 0 Å². The van der Waals surface area contributed by atoms with Gasteiger partial charge >= 0.3 is 0 Å². The minimum absolute atomic E-state index is 0.496. The molecule has 2 heteroatoms. The Morgan fingerprint density at radius 2 is 2.33 bits per heavy atom. The molecule has 1 heterocycles. The van der Waals surface area contributed by atoms with E-state index < -0.39 is 0 Å². The van der Waals surface area contributed by atoms with E-state index in [0.717, 1.165) is 13.2 Å². The molecule has 1 aliphatic heterocycles. The van der Waals surface area contributed by atoms with Crippen LogP contribution in [0.3, 0.4) is 0 Å². The first-order chi connectivity index (χ1) is 5.93. The van der Waals surface area contributed by atoms with Crippen LogP contribution < -0.4 is 5.32 Å². The van der Waals surface area contributed by atoms with Gasteiger partial charge in [-0.2, -0.15) is 0 Å². The lowest BCUT2D eigenvalue weighted by Gasteiger charge is -2.22. The summed E-state index contributed by atoms with van der Waals surface area (Å²) in [5, 5.41) is 3.35. The Bertz CT molecular complexity index is 100. The summed E-state index contributed by atoms with van der Waals surface area (Å²) in [6, 6.07) is 0. The topological polar surface area (TPSA) is 21.3 Å². The molecule has 1 N–H and O–H groups in total. The molecule has 0 spiro atoms. The molecule has 0 amide bonds. The van der Waals surface area contributed by atoms with Gasteiger partial charge in [-0.05, 0) is 25.8 Å². The van der Waals surface area contributed by atoms with Gasteiger partial charge in [-0.3, -0.25) is 0 Å².